The lowest BCUT2D eigenvalue weighted by Crippen LogP contribution is -2.23. The largest absolute Gasteiger partial charge is 0.336 e. The van der Waals surface area contributed by atoms with E-state index in [2.05, 4.69) is 5.32 Å². The number of para-hydroxylation sites is 1. The van der Waals surface area contributed by atoms with E-state index in [4.69, 9.17) is 11.6 Å². The Bertz CT molecular complexity index is 1490. The van der Waals surface area contributed by atoms with Crippen molar-refractivity contribution in [2.45, 2.75) is 23.3 Å². The van der Waals surface area contributed by atoms with Gasteiger partial charge in [0.15, 0.2) is 0 Å². The Hall–Kier alpha value is -3.42. The second-order valence-electron chi connectivity index (χ2n) is 7.34. The van der Waals surface area contributed by atoms with Crippen LogP contribution in [0.1, 0.15) is 5.56 Å². The average molecular weight is 467 g/mol. The van der Waals surface area contributed by atoms with Gasteiger partial charge in [-0.1, -0.05) is 35.9 Å². The third kappa shape index (κ3) is 4.30. The highest BCUT2D eigenvalue weighted by molar-refractivity contribution is 7.91. The monoisotopic (exact) mass is 466 g/mol. The highest BCUT2D eigenvalue weighted by atomic mass is 35.5. The molecule has 0 aliphatic carbocycles. The fourth-order valence-electron chi connectivity index (χ4n) is 3.46. The summed E-state index contributed by atoms with van der Waals surface area (Å²) >= 11 is 5.87. The molecule has 8 heteroatoms. The molecule has 6 nitrogen and oxygen atoms in total. The molecule has 0 radical (unpaired) electrons. The third-order valence-corrected chi connectivity index (χ3v) is 7.00. The van der Waals surface area contributed by atoms with Gasteiger partial charge in [0.2, 0.25) is 21.2 Å². The molecule has 0 atom stereocenters. The average Bonchev–Trinajstić information content (AvgIpc) is 2.76. The summed E-state index contributed by atoms with van der Waals surface area (Å²) in [6.45, 7) is 1.75. The number of fused-ring (bicyclic) bond motifs is 1. The van der Waals surface area contributed by atoms with Gasteiger partial charge in [-0.2, -0.15) is 0 Å². The van der Waals surface area contributed by atoms with E-state index in [1.807, 2.05) is 25.1 Å². The fourth-order valence-corrected chi connectivity index (χ4v) is 4.95. The molecular formula is C24H19ClN2O4S. The zero-order valence-electron chi connectivity index (χ0n) is 17.1. The van der Waals surface area contributed by atoms with Crippen LogP contribution in [0.5, 0.6) is 0 Å². The summed E-state index contributed by atoms with van der Waals surface area (Å²) in [4.78, 5) is 25.3. The van der Waals surface area contributed by atoms with E-state index in [0.29, 0.717) is 16.2 Å². The number of nitrogens with zero attached hydrogens (tertiary/aromatic N) is 1. The molecule has 0 aliphatic heterocycles. The van der Waals surface area contributed by atoms with Gasteiger partial charge < -0.3 is 9.88 Å². The van der Waals surface area contributed by atoms with Gasteiger partial charge in [-0.3, -0.25) is 9.59 Å². The van der Waals surface area contributed by atoms with Crippen LogP contribution in [0.2, 0.25) is 5.02 Å². The van der Waals surface area contributed by atoms with Crippen molar-refractivity contribution in [1.82, 2.24) is 4.57 Å². The molecule has 0 bridgehead atoms. The molecule has 1 N–H and O–H groups in total. The van der Waals surface area contributed by atoms with Crippen molar-refractivity contribution >= 4 is 43.9 Å². The highest BCUT2D eigenvalue weighted by Crippen LogP contribution is 2.23. The van der Waals surface area contributed by atoms with Crippen LogP contribution >= 0.6 is 11.6 Å². The number of aromatic nitrogens is 1. The molecule has 3 aromatic carbocycles. The molecule has 4 rings (SSSR count). The molecule has 4 aromatic rings. The first-order valence-corrected chi connectivity index (χ1v) is 11.6. The number of carbonyl (C=O) groups excluding carboxylic acids is 1. The molecule has 0 unspecified atom stereocenters. The maximum absolute atomic E-state index is 13.2. The van der Waals surface area contributed by atoms with Gasteiger partial charge >= 0.3 is 0 Å². The van der Waals surface area contributed by atoms with E-state index in [-0.39, 0.29) is 22.7 Å². The van der Waals surface area contributed by atoms with E-state index in [1.54, 1.807) is 30.3 Å². The Morgan fingerprint density at radius 1 is 1.00 bits per heavy atom. The molecule has 0 spiro atoms. The second kappa shape index (κ2) is 8.61. The number of hydrogen-bond donors (Lipinski definition) is 1. The summed E-state index contributed by atoms with van der Waals surface area (Å²) in [5.74, 6) is -0.348. The topological polar surface area (TPSA) is 85.2 Å². The van der Waals surface area contributed by atoms with Crippen molar-refractivity contribution in [1.29, 1.82) is 0 Å². The van der Waals surface area contributed by atoms with Crippen LogP contribution in [-0.4, -0.2) is 18.9 Å². The summed E-state index contributed by atoms with van der Waals surface area (Å²) < 4.78 is 27.9. The van der Waals surface area contributed by atoms with Crippen molar-refractivity contribution in [3.63, 3.8) is 0 Å². The molecule has 0 saturated heterocycles. The van der Waals surface area contributed by atoms with Gasteiger partial charge in [0.05, 0.1) is 10.4 Å². The van der Waals surface area contributed by atoms with E-state index in [0.717, 1.165) is 5.56 Å². The zero-order valence-corrected chi connectivity index (χ0v) is 18.7. The molecule has 0 fully saturated rings. The number of carbonyl (C=O) groups is 1. The van der Waals surface area contributed by atoms with Crippen molar-refractivity contribution in [3.05, 3.63) is 99.8 Å². The summed E-state index contributed by atoms with van der Waals surface area (Å²) in [6.07, 6.45) is 1.23. The van der Waals surface area contributed by atoms with Crippen molar-refractivity contribution < 1.29 is 13.2 Å². The minimum atomic E-state index is -4.12. The summed E-state index contributed by atoms with van der Waals surface area (Å²) in [5, 5.41) is 3.40. The lowest BCUT2D eigenvalue weighted by Gasteiger charge is -2.14. The predicted molar refractivity (Wildman–Crippen MR) is 125 cm³/mol. The van der Waals surface area contributed by atoms with Crippen molar-refractivity contribution in [3.8, 4) is 0 Å². The van der Waals surface area contributed by atoms with Crippen LogP contribution in [0, 0.1) is 6.92 Å². The number of anilines is 1. The number of nitrogens with one attached hydrogen (secondary N) is 1. The molecule has 0 saturated carbocycles. The summed E-state index contributed by atoms with van der Waals surface area (Å²) in [5.41, 5.74) is 1.47. The fraction of sp³-hybridized carbons (Fsp3) is 0.0833. The van der Waals surface area contributed by atoms with Crippen LogP contribution in [0.25, 0.3) is 10.9 Å². The number of pyridine rings is 1. The van der Waals surface area contributed by atoms with Crippen LogP contribution < -0.4 is 10.7 Å². The molecule has 1 aromatic heterocycles. The zero-order chi connectivity index (χ0) is 22.9. The number of hydrogen-bond acceptors (Lipinski definition) is 4. The van der Waals surface area contributed by atoms with Crippen molar-refractivity contribution in [2.24, 2.45) is 0 Å². The second-order valence-corrected chi connectivity index (χ2v) is 9.70. The first-order chi connectivity index (χ1) is 15.3. The molecule has 0 aliphatic rings. The van der Waals surface area contributed by atoms with Gasteiger partial charge in [0.1, 0.15) is 11.4 Å². The lowest BCUT2D eigenvalue weighted by atomic mass is 10.2. The predicted octanol–water partition coefficient (Wildman–Crippen LogP) is 4.43. The number of halogens is 1. The molecule has 1 heterocycles. The minimum absolute atomic E-state index is 0.0509. The van der Waals surface area contributed by atoms with Gasteiger partial charge in [-0.05, 0) is 61.0 Å². The first kappa shape index (κ1) is 21.8. The number of amides is 1. The Labute approximate surface area is 190 Å². The van der Waals surface area contributed by atoms with Gasteiger partial charge in [-0.15, -0.1) is 0 Å². The minimum Gasteiger partial charge on any atom is -0.336 e. The Balaban J connectivity index is 1.79. The molecule has 1 amide bonds. The lowest BCUT2D eigenvalue weighted by molar-refractivity contribution is -0.116. The summed E-state index contributed by atoms with van der Waals surface area (Å²) in [7, 11) is -4.12. The maximum atomic E-state index is 13.2. The van der Waals surface area contributed by atoms with Crippen LogP contribution in [-0.2, 0) is 21.2 Å². The Morgan fingerprint density at radius 3 is 2.44 bits per heavy atom. The molecular weight excluding hydrogens is 448 g/mol. The maximum Gasteiger partial charge on any atom is 0.244 e. The van der Waals surface area contributed by atoms with E-state index < -0.39 is 20.2 Å². The van der Waals surface area contributed by atoms with Gasteiger partial charge in [0, 0.05) is 22.3 Å². The third-order valence-electron chi connectivity index (χ3n) is 4.98. The SMILES string of the molecule is Cc1cccc(NC(=O)Cn2cc(S(=O)(=O)c3ccc(Cl)cc3)c(=O)c3ccccc32)c1. The van der Waals surface area contributed by atoms with E-state index in [9.17, 15) is 18.0 Å². The standard InChI is InChI=1S/C24H19ClN2O4S/c1-16-5-4-6-18(13-16)26-23(28)15-27-14-22(24(29)20-7-2-3-8-21(20)27)32(30,31)19-11-9-17(25)10-12-19/h2-14H,15H2,1H3,(H,26,28). The number of benzene rings is 3. The summed E-state index contributed by atoms with van der Waals surface area (Å²) in [6, 6.07) is 19.5. The normalized spacial score (nSPS) is 11.4. The van der Waals surface area contributed by atoms with Crippen molar-refractivity contribution in [2.75, 3.05) is 5.32 Å². The van der Waals surface area contributed by atoms with E-state index >= 15 is 0 Å². The Morgan fingerprint density at radius 2 is 1.72 bits per heavy atom. The van der Waals surface area contributed by atoms with Gasteiger partial charge in [0.25, 0.3) is 0 Å². The van der Waals surface area contributed by atoms with Crippen LogP contribution in [0.15, 0.2) is 93.6 Å². The molecule has 162 valence electrons. The quantitative estimate of drug-likeness (QED) is 0.471. The number of sulfone groups is 1. The number of aryl methyl sites for hydroxylation is 1. The number of rotatable bonds is 5. The van der Waals surface area contributed by atoms with Gasteiger partial charge in [-0.25, -0.2) is 8.42 Å². The smallest absolute Gasteiger partial charge is 0.244 e. The van der Waals surface area contributed by atoms with Crippen LogP contribution in [0.3, 0.4) is 0 Å². The first-order valence-electron chi connectivity index (χ1n) is 9.75. The Kier molecular flexibility index (Phi) is 5.86. The molecule has 32 heavy (non-hydrogen) atoms. The van der Waals surface area contributed by atoms with E-state index in [1.165, 1.54) is 35.0 Å². The van der Waals surface area contributed by atoms with Crippen LogP contribution in [0.4, 0.5) is 5.69 Å². The highest BCUT2D eigenvalue weighted by Gasteiger charge is 2.24.